The van der Waals surface area contributed by atoms with E-state index in [9.17, 15) is 4.79 Å². The van der Waals surface area contributed by atoms with Crippen LogP contribution in [0.3, 0.4) is 0 Å². The molecule has 0 saturated carbocycles. The molecule has 5 nitrogen and oxygen atoms in total. The molecule has 0 aliphatic carbocycles. The number of hydrogen-bond acceptors (Lipinski definition) is 3. The molecule has 27 heavy (non-hydrogen) atoms. The molecule has 3 atom stereocenters. The van der Waals surface area contributed by atoms with Crippen LogP contribution in [0.4, 0.5) is 10.5 Å². The van der Waals surface area contributed by atoms with Gasteiger partial charge < -0.3 is 30.6 Å². The summed E-state index contributed by atoms with van der Waals surface area (Å²) in [6, 6.07) is 12.8. The van der Waals surface area contributed by atoms with Gasteiger partial charge in [0, 0.05) is 36.9 Å². The molecular formula is C21H27BrN2O3. The zero-order valence-corrected chi connectivity index (χ0v) is 17.5. The summed E-state index contributed by atoms with van der Waals surface area (Å²) in [5.74, 6) is 0. The van der Waals surface area contributed by atoms with Gasteiger partial charge in [-0.15, -0.1) is 0 Å². The van der Waals surface area contributed by atoms with Crippen LogP contribution in [0.2, 0.25) is 0 Å². The number of hydrogen-bond donors (Lipinski definition) is 0. The van der Waals surface area contributed by atoms with E-state index in [1.165, 1.54) is 12.8 Å². The number of carbonyl (C=O) groups is 1. The van der Waals surface area contributed by atoms with E-state index in [4.69, 9.17) is 9.15 Å². The summed E-state index contributed by atoms with van der Waals surface area (Å²) >= 11 is 0. The Kier molecular flexibility index (Phi) is 5.96. The highest BCUT2D eigenvalue weighted by Crippen LogP contribution is 2.40. The Bertz CT molecular complexity index is 732. The Morgan fingerprint density at radius 3 is 2.41 bits per heavy atom. The van der Waals surface area contributed by atoms with E-state index < -0.39 is 0 Å². The van der Waals surface area contributed by atoms with Crippen molar-refractivity contribution in [2.45, 2.75) is 50.4 Å². The lowest BCUT2D eigenvalue weighted by Gasteiger charge is -2.44. The lowest BCUT2D eigenvalue weighted by atomic mass is 9.98. The van der Waals surface area contributed by atoms with E-state index in [1.807, 2.05) is 36.4 Å². The standard InChI is InChI=1S/C21H27N2O3.BrH/c1-23(2)18-8-9-19(23)13-20(12-18)26-21(24)22(14-16-10-11-25-15-16)17-6-4-3-5-7-17;/h3-7,10-11,15,18-20H,8-9,12-14H2,1-2H3;1H/q+1;/p-1/t18-,19+,20?;. The van der Waals surface area contributed by atoms with Gasteiger partial charge in [-0.1, -0.05) is 18.2 Å². The minimum Gasteiger partial charge on any atom is -1.00 e. The normalized spacial score (nSPS) is 25.5. The van der Waals surface area contributed by atoms with Crippen LogP contribution in [0.1, 0.15) is 31.2 Å². The highest BCUT2D eigenvalue weighted by molar-refractivity contribution is 5.87. The summed E-state index contributed by atoms with van der Waals surface area (Å²) in [4.78, 5) is 14.7. The molecule has 2 aliphatic rings. The number of carbonyl (C=O) groups excluding carboxylic acids is 1. The maximum absolute atomic E-state index is 13.0. The first-order valence-electron chi connectivity index (χ1n) is 9.41. The van der Waals surface area contributed by atoms with E-state index in [2.05, 4.69) is 14.1 Å². The van der Waals surface area contributed by atoms with Crippen molar-refractivity contribution in [3.63, 3.8) is 0 Å². The first-order chi connectivity index (χ1) is 12.5. The summed E-state index contributed by atoms with van der Waals surface area (Å²) in [6.07, 6.45) is 7.45. The highest BCUT2D eigenvalue weighted by Gasteiger charge is 2.50. The topological polar surface area (TPSA) is 42.7 Å². The summed E-state index contributed by atoms with van der Waals surface area (Å²) in [5, 5.41) is 0. The molecule has 1 aromatic heterocycles. The lowest BCUT2D eigenvalue weighted by Crippen LogP contribution is -3.00. The van der Waals surface area contributed by atoms with Gasteiger partial charge in [-0.25, -0.2) is 4.79 Å². The van der Waals surface area contributed by atoms with E-state index in [0.29, 0.717) is 18.6 Å². The smallest absolute Gasteiger partial charge is 0.414 e. The SMILES string of the molecule is C[N+]1(C)[C@@H]2CC[C@H]1CC(OC(=O)N(Cc1ccoc1)c1ccccc1)C2.[Br-]. The van der Waals surface area contributed by atoms with Gasteiger partial charge in [0.25, 0.3) is 0 Å². The van der Waals surface area contributed by atoms with Crippen molar-refractivity contribution >= 4 is 11.8 Å². The number of para-hydroxylation sites is 1. The second-order valence-electron chi connectivity index (χ2n) is 8.04. The van der Waals surface area contributed by atoms with Crippen LogP contribution in [-0.2, 0) is 11.3 Å². The highest BCUT2D eigenvalue weighted by atomic mass is 79.9. The molecule has 1 amide bonds. The zero-order valence-electron chi connectivity index (χ0n) is 15.9. The first kappa shape index (κ1) is 20.0. The third-order valence-corrected chi connectivity index (χ3v) is 6.26. The second kappa shape index (κ2) is 8.07. The Balaban J connectivity index is 0.00000210. The Morgan fingerprint density at radius 1 is 1.15 bits per heavy atom. The predicted octanol–water partition coefficient (Wildman–Crippen LogP) is 1.20. The Hall–Kier alpha value is -1.79. The molecule has 0 spiro atoms. The van der Waals surface area contributed by atoms with Crippen molar-refractivity contribution in [2.24, 2.45) is 0 Å². The third kappa shape index (κ3) is 4.06. The molecule has 2 aromatic rings. The molecule has 0 N–H and O–H groups in total. The molecule has 2 saturated heterocycles. The maximum atomic E-state index is 13.0. The number of fused-ring (bicyclic) bond motifs is 2. The number of quaternary nitrogens is 1. The van der Waals surface area contributed by atoms with Crippen molar-refractivity contribution in [2.75, 3.05) is 19.0 Å². The number of anilines is 1. The van der Waals surface area contributed by atoms with Crippen molar-refractivity contribution in [1.29, 1.82) is 0 Å². The van der Waals surface area contributed by atoms with Crippen molar-refractivity contribution in [3.8, 4) is 0 Å². The number of amides is 1. The van der Waals surface area contributed by atoms with Gasteiger partial charge in [0.15, 0.2) is 0 Å². The van der Waals surface area contributed by atoms with E-state index >= 15 is 0 Å². The van der Waals surface area contributed by atoms with Gasteiger partial charge >= 0.3 is 6.09 Å². The Morgan fingerprint density at radius 2 is 1.81 bits per heavy atom. The van der Waals surface area contributed by atoms with E-state index in [-0.39, 0.29) is 29.2 Å². The largest absolute Gasteiger partial charge is 1.00 e. The van der Waals surface area contributed by atoms with Crippen LogP contribution in [0, 0.1) is 0 Å². The molecule has 4 rings (SSSR count). The van der Waals surface area contributed by atoms with Crippen LogP contribution in [0.15, 0.2) is 53.3 Å². The number of nitrogens with zero attached hydrogens (tertiary/aromatic N) is 2. The minimum atomic E-state index is -0.269. The van der Waals surface area contributed by atoms with Gasteiger partial charge in [-0.05, 0) is 18.2 Å². The van der Waals surface area contributed by atoms with Gasteiger partial charge in [0.2, 0.25) is 0 Å². The number of rotatable bonds is 4. The second-order valence-corrected chi connectivity index (χ2v) is 8.04. The average Bonchev–Trinajstić information content (AvgIpc) is 3.16. The molecule has 6 heteroatoms. The first-order valence-corrected chi connectivity index (χ1v) is 9.41. The van der Waals surface area contributed by atoms with Crippen LogP contribution in [0.25, 0.3) is 0 Å². The van der Waals surface area contributed by atoms with Gasteiger partial charge in [-0.2, -0.15) is 0 Å². The number of benzene rings is 1. The van der Waals surface area contributed by atoms with Gasteiger partial charge in [-0.3, -0.25) is 4.90 Å². The molecule has 1 unspecified atom stereocenters. The molecule has 146 valence electrons. The van der Waals surface area contributed by atoms with E-state index in [0.717, 1.165) is 28.6 Å². The molecule has 2 bridgehead atoms. The van der Waals surface area contributed by atoms with Gasteiger partial charge in [0.1, 0.15) is 6.10 Å². The predicted molar refractivity (Wildman–Crippen MR) is 99.8 cm³/mol. The van der Waals surface area contributed by atoms with Crippen molar-refractivity contribution < 1.29 is 35.4 Å². The van der Waals surface area contributed by atoms with Crippen molar-refractivity contribution in [3.05, 3.63) is 54.5 Å². The summed E-state index contributed by atoms with van der Waals surface area (Å²) in [6.45, 7) is 0.445. The number of halogens is 1. The van der Waals surface area contributed by atoms with Gasteiger partial charge in [0.05, 0.1) is 45.3 Å². The van der Waals surface area contributed by atoms with Crippen LogP contribution in [0.5, 0.6) is 0 Å². The molecule has 0 radical (unpaired) electrons. The average molecular weight is 435 g/mol. The fraction of sp³-hybridized carbons (Fsp3) is 0.476. The monoisotopic (exact) mass is 434 g/mol. The van der Waals surface area contributed by atoms with Crippen LogP contribution < -0.4 is 21.9 Å². The zero-order chi connectivity index (χ0) is 18.1. The van der Waals surface area contributed by atoms with Crippen LogP contribution in [-0.4, -0.2) is 42.9 Å². The number of furan rings is 1. The fourth-order valence-corrected chi connectivity index (χ4v) is 4.57. The summed E-state index contributed by atoms with van der Waals surface area (Å²) in [5.41, 5.74) is 1.79. The lowest BCUT2D eigenvalue weighted by molar-refractivity contribution is -0.931. The number of ether oxygens (including phenoxy) is 1. The summed E-state index contributed by atoms with van der Waals surface area (Å²) in [7, 11) is 4.63. The molecule has 2 aliphatic heterocycles. The van der Waals surface area contributed by atoms with E-state index in [1.54, 1.807) is 17.4 Å². The quantitative estimate of drug-likeness (QED) is 0.678. The molecule has 1 aromatic carbocycles. The number of piperidine rings is 1. The fourth-order valence-electron chi connectivity index (χ4n) is 4.57. The van der Waals surface area contributed by atoms with Crippen LogP contribution >= 0.6 is 0 Å². The minimum absolute atomic E-state index is 0. The Labute approximate surface area is 171 Å². The van der Waals surface area contributed by atoms with Crippen molar-refractivity contribution in [1.82, 2.24) is 0 Å². The third-order valence-electron chi connectivity index (χ3n) is 6.26. The molecular weight excluding hydrogens is 408 g/mol. The molecule has 2 fully saturated rings. The maximum Gasteiger partial charge on any atom is 0.414 e. The molecule has 3 heterocycles. The summed E-state index contributed by atoms with van der Waals surface area (Å²) < 4.78 is 12.2.